The van der Waals surface area contributed by atoms with E-state index < -0.39 is 36.3 Å². The summed E-state index contributed by atoms with van der Waals surface area (Å²) in [6, 6.07) is 9.35. The molecule has 1 fully saturated rings. The van der Waals surface area contributed by atoms with Crippen molar-refractivity contribution in [3.05, 3.63) is 48.0 Å². The minimum atomic E-state index is -1.13. The third-order valence-corrected chi connectivity index (χ3v) is 7.10. The van der Waals surface area contributed by atoms with Crippen molar-refractivity contribution in [3.8, 4) is 0 Å². The van der Waals surface area contributed by atoms with Crippen molar-refractivity contribution in [1.29, 1.82) is 0 Å². The van der Waals surface area contributed by atoms with Gasteiger partial charge in [0.1, 0.15) is 6.04 Å². The normalized spacial score (nSPS) is 21.8. The van der Waals surface area contributed by atoms with Gasteiger partial charge < -0.3 is 40.9 Å². The number of carboxylic acids is 2. The largest absolute Gasteiger partial charge is 0.550 e. The molecule has 1 saturated carbocycles. The van der Waals surface area contributed by atoms with Gasteiger partial charge >= 0.3 is 5.96 Å². The number of nitrogens with two attached hydrogens (primary N) is 2. The molecule has 0 radical (unpaired) electrons. The molecule has 1 aromatic rings. The number of carbonyl (C=O) groups is 2. The molecule has 0 bridgehead atoms. The van der Waals surface area contributed by atoms with Gasteiger partial charge in [-0.15, -0.1) is 0 Å². The number of aliphatic hydroxyl groups is 3. The average Bonchev–Trinajstić information content (AvgIpc) is 3.18. The van der Waals surface area contributed by atoms with Crippen LogP contribution in [0.25, 0.3) is 0 Å². The molecule has 11 nitrogen and oxygen atoms in total. The number of rotatable bonds is 17. The molecule has 40 heavy (non-hydrogen) atoms. The van der Waals surface area contributed by atoms with Gasteiger partial charge in [0.15, 0.2) is 0 Å². The highest BCUT2D eigenvalue weighted by Gasteiger charge is 2.39. The Bertz CT molecular complexity index is 909. The molecule has 1 aromatic carbocycles. The molecule has 0 aromatic heterocycles. The first kappa shape index (κ1) is 35.0. The SMILES string of the molecule is NC(N)=[NH+]CCC[C@H]([NH3+])C(=O)[O-].O=C([O-])CCCCCCC1[C@@H](/C=C/[C@@H](O)CCc2ccccc2)[C@H](O)C[C@@H]1O. The van der Waals surface area contributed by atoms with Gasteiger partial charge in [0.05, 0.1) is 30.8 Å². The number of hydrogen-bond acceptors (Lipinski definition) is 7. The van der Waals surface area contributed by atoms with Crippen LogP contribution in [0.15, 0.2) is 42.5 Å². The number of aliphatic carboxylic acids is 2. The van der Waals surface area contributed by atoms with Crippen molar-refractivity contribution in [2.75, 3.05) is 6.54 Å². The number of carboxylic acid groups (broad SMARTS) is 2. The van der Waals surface area contributed by atoms with Gasteiger partial charge in [0.2, 0.25) is 0 Å². The van der Waals surface area contributed by atoms with Gasteiger partial charge in [-0.05, 0) is 50.0 Å². The first-order valence-corrected chi connectivity index (χ1v) is 14.1. The van der Waals surface area contributed by atoms with Crippen LogP contribution < -0.4 is 32.4 Å². The van der Waals surface area contributed by atoms with Crippen LogP contribution in [0.3, 0.4) is 0 Å². The lowest BCUT2D eigenvalue weighted by atomic mass is 9.87. The monoisotopic (exact) mass is 564 g/mol. The molecule has 1 aliphatic rings. The second kappa shape index (κ2) is 20.0. The van der Waals surface area contributed by atoms with Gasteiger partial charge in [0.25, 0.3) is 0 Å². The molecule has 11 heteroatoms. The number of unbranched alkanes of at least 4 members (excludes halogenated alkanes) is 3. The Morgan fingerprint density at radius 2 is 1.70 bits per heavy atom. The van der Waals surface area contributed by atoms with Crippen molar-refractivity contribution < 1.29 is 45.8 Å². The van der Waals surface area contributed by atoms with Gasteiger partial charge in [-0.3, -0.25) is 16.5 Å². The van der Waals surface area contributed by atoms with Crippen molar-refractivity contribution in [1.82, 2.24) is 0 Å². The van der Waals surface area contributed by atoms with Gasteiger partial charge in [-0.25, -0.2) is 0 Å². The predicted molar refractivity (Wildman–Crippen MR) is 146 cm³/mol. The zero-order chi connectivity index (χ0) is 29.9. The lowest BCUT2D eigenvalue weighted by Gasteiger charge is -2.21. The molecule has 0 saturated heterocycles. The second-order valence-corrected chi connectivity index (χ2v) is 10.5. The van der Waals surface area contributed by atoms with Crippen LogP contribution in [0.5, 0.6) is 0 Å². The molecule has 6 atom stereocenters. The Morgan fingerprint density at radius 3 is 2.33 bits per heavy atom. The summed E-state index contributed by atoms with van der Waals surface area (Å²) < 4.78 is 0. The lowest BCUT2D eigenvalue weighted by molar-refractivity contribution is -0.466. The number of hydrogen-bond donors (Lipinski definition) is 7. The third-order valence-electron chi connectivity index (χ3n) is 7.10. The highest BCUT2D eigenvalue weighted by molar-refractivity contribution is 5.69. The smallest absolute Gasteiger partial charge is 0.338 e. The van der Waals surface area contributed by atoms with Crippen LogP contribution in [0.4, 0.5) is 0 Å². The number of guanidine groups is 1. The maximum absolute atomic E-state index is 10.4. The van der Waals surface area contributed by atoms with Gasteiger partial charge in [0, 0.05) is 24.7 Å². The third kappa shape index (κ3) is 15.6. The van der Waals surface area contributed by atoms with Crippen LogP contribution in [-0.4, -0.2) is 64.1 Å². The van der Waals surface area contributed by atoms with Crippen LogP contribution in [0.1, 0.15) is 69.8 Å². The molecule has 226 valence electrons. The minimum absolute atomic E-state index is 0.0197. The molecule has 0 amide bonds. The van der Waals surface area contributed by atoms with Crippen molar-refractivity contribution in [2.45, 2.75) is 95.0 Å². The van der Waals surface area contributed by atoms with E-state index in [4.69, 9.17) is 11.5 Å². The van der Waals surface area contributed by atoms with Crippen LogP contribution in [-0.2, 0) is 16.0 Å². The van der Waals surface area contributed by atoms with E-state index in [-0.39, 0.29) is 24.2 Å². The zero-order valence-electron chi connectivity index (χ0n) is 23.3. The second-order valence-electron chi connectivity index (χ2n) is 10.5. The summed E-state index contributed by atoms with van der Waals surface area (Å²) in [5.74, 6) is -2.16. The Kier molecular flexibility index (Phi) is 17.5. The molecule has 0 heterocycles. The molecule has 1 unspecified atom stereocenters. The Morgan fingerprint density at radius 1 is 1.02 bits per heavy atom. The Hall–Kier alpha value is -2.99. The molecule has 1 aliphatic carbocycles. The molecule has 11 N–H and O–H groups in total. The molecular formula is C29H48N4O7. The lowest BCUT2D eigenvalue weighted by Crippen LogP contribution is -2.78. The average molecular weight is 565 g/mol. The van der Waals surface area contributed by atoms with E-state index >= 15 is 0 Å². The quantitative estimate of drug-likeness (QED) is 0.0429. The fourth-order valence-electron chi connectivity index (χ4n) is 4.79. The minimum Gasteiger partial charge on any atom is -0.550 e. The standard InChI is InChI=1S/C23H34O5.C6H14N4O2/c24-18(13-12-17-8-4-3-5-9-17)14-15-20-19(21(25)16-22(20)26)10-6-1-2-7-11-23(27)28;7-4(5(11)12)2-1-3-10-6(8)9/h3-5,8-9,14-15,18-22,24-26H,1-2,6-7,10-13,16H2,(H,27,28);4H,1-3,7H2,(H,11,12)(H4,8,9,10)/b15-14+;/t18-,19?,20+,21-,22+;4-/m00/s1. The first-order chi connectivity index (χ1) is 19.0. The van der Waals surface area contributed by atoms with Crippen molar-refractivity contribution in [3.63, 3.8) is 0 Å². The van der Waals surface area contributed by atoms with Crippen LogP contribution in [0.2, 0.25) is 0 Å². The molecule has 0 spiro atoms. The highest BCUT2D eigenvalue weighted by atomic mass is 16.4. The number of quaternary nitrogens is 1. The summed E-state index contributed by atoms with van der Waals surface area (Å²) in [6.45, 7) is 0.557. The summed E-state index contributed by atoms with van der Waals surface area (Å²) in [7, 11) is 0. The fraction of sp³-hybridized carbons (Fsp3) is 0.621. The topological polar surface area (TPSA) is 235 Å². The highest BCUT2D eigenvalue weighted by Crippen LogP contribution is 2.37. The number of carbonyl (C=O) groups excluding carboxylic acids is 2. The van der Waals surface area contributed by atoms with Gasteiger partial charge in [-0.2, -0.15) is 0 Å². The summed E-state index contributed by atoms with van der Waals surface area (Å²) >= 11 is 0. The number of aryl methyl sites for hydroxylation is 1. The number of benzene rings is 1. The van der Waals surface area contributed by atoms with E-state index in [1.54, 1.807) is 6.08 Å². The summed E-state index contributed by atoms with van der Waals surface area (Å²) in [4.78, 5) is 23.3. The fourth-order valence-corrected chi connectivity index (χ4v) is 4.79. The van der Waals surface area contributed by atoms with Crippen molar-refractivity contribution >= 4 is 17.9 Å². The molecule has 0 aliphatic heterocycles. The number of nitrogens with one attached hydrogen (secondary N) is 1. The number of aliphatic hydroxyl groups excluding tert-OH is 3. The molecule has 2 rings (SSSR count). The maximum atomic E-state index is 10.4. The van der Waals surface area contributed by atoms with Gasteiger partial charge in [-0.1, -0.05) is 61.7 Å². The van der Waals surface area contributed by atoms with E-state index in [9.17, 15) is 35.1 Å². The maximum Gasteiger partial charge on any atom is 0.338 e. The van der Waals surface area contributed by atoms with Crippen LogP contribution in [0, 0.1) is 11.8 Å². The van der Waals surface area contributed by atoms with E-state index in [0.717, 1.165) is 32.1 Å². The van der Waals surface area contributed by atoms with E-state index in [1.807, 2.05) is 36.4 Å². The summed E-state index contributed by atoms with van der Waals surface area (Å²) in [5, 5.41) is 51.4. The van der Waals surface area contributed by atoms with Crippen LogP contribution >= 0.6 is 0 Å². The van der Waals surface area contributed by atoms with E-state index in [2.05, 4.69) is 10.7 Å². The van der Waals surface area contributed by atoms with E-state index in [0.29, 0.717) is 38.6 Å². The van der Waals surface area contributed by atoms with E-state index in [1.165, 1.54) is 5.56 Å². The van der Waals surface area contributed by atoms with Crippen molar-refractivity contribution in [2.24, 2.45) is 23.3 Å². The summed E-state index contributed by atoms with van der Waals surface area (Å²) in [5.41, 5.74) is 14.8. The predicted octanol–water partition coefficient (Wildman–Crippen LogP) is -3.53. The molecular weight excluding hydrogens is 516 g/mol. The Balaban J connectivity index is 0.000000562. The first-order valence-electron chi connectivity index (χ1n) is 14.1. The zero-order valence-corrected chi connectivity index (χ0v) is 23.3. The summed E-state index contributed by atoms with van der Waals surface area (Å²) in [6.07, 6.45) is 8.95. The Labute approximate surface area is 236 Å².